The van der Waals surface area contributed by atoms with Crippen LogP contribution in [0.15, 0.2) is 52.9 Å². The van der Waals surface area contributed by atoms with Crippen LogP contribution in [0.4, 0.5) is 0 Å². The molecule has 5 nitrogen and oxygen atoms in total. The summed E-state index contributed by atoms with van der Waals surface area (Å²) in [6.45, 7) is 7.71. The molecule has 0 saturated carbocycles. The van der Waals surface area contributed by atoms with Crippen molar-refractivity contribution in [3.63, 3.8) is 0 Å². The van der Waals surface area contributed by atoms with E-state index in [1.54, 1.807) is 12.1 Å². The lowest BCUT2D eigenvalue weighted by atomic mass is 10.1. The minimum absolute atomic E-state index is 0.0775. The number of hydrogen-bond donors (Lipinski definition) is 1. The van der Waals surface area contributed by atoms with Gasteiger partial charge < -0.3 is 14.6 Å². The lowest BCUT2D eigenvalue weighted by Crippen LogP contribution is -2.34. The highest BCUT2D eigenvalue weighted by molar-refractivity contribution is 5.97. The first-order valence-corrected chi connectivity index (χ1v) is 9.63. The SMILES string of the molecule is CCN(CC)CCNC(=O)c1ccc2nc(CCc3ccccc3)oc2c1. The van der Waals surface area contributed by atoms with Crippen molar-refractivity contribution in [1.82, 2.24) is 15.2 Å². The lowest BCUT2D eigenvalue weighted by molar-refractivity contribution is 0.0949. The predicted octanol–water partition coefficient (Wildman–Crippen LogP) is 3.68. The smallest absolute Gasteiger partial charge is 0.251 e. The number of oxazole rings is 1. The maximum absolute atomic E-state index is 12.4. The number of benzene rings is 2. The molecule has 0 unspecified atom stereocenters. The molecule has 0 aliphatic carbocycles. The molecule has 0 spiro atoms. The van der Waals surface area contributed by atoms with Crippen molar-refractivity contribution in [3.05, 3.63) is 65.5 Å². The molecule has 27 heavy (non-hydrogen) atoms. The van der Waals surface area contributed by atoms with Gasteiger partial charge in [0.2, 0.25) is 0 Å². The van der Waals surface area contributed by atoms with Gasteiger partial charge >= 0.3 is 0 Å². The number of carbonyl (C=O) groups is 1. The molecule has 142 valence electrons. The maximum atomic E-state index is 12.4. The van der Waals surface area contributed by atoms with Crippen LogP contribution in [-0.2, 0) is 12.8 Å². The Kier molecular flexibility index (Phi) is 6.60. The zero-order chi connectivity index (χ0) is 19.1. The van der Waals surface area contributed by atoms with Gasteiger partial charge in [0.25, 0.3) is 5.91 Å². The summed E-state index contributed by atoms with van der Waals surface area (Å²) in [7, 11) is 0. The van der Waals surface area contributed by atoms with Crippen LogP contribution >= 0.6 is 0 Å². The first-order valence-electron chi connectivity index (χ1n) is 9.63. The summed E-state index contributed by atoms with van der Waals surface area (Å²) in [4.78, 5) is 19.2. The van der Waals surface area contributed by atoms with Crippen molar-refractivity contribution in [2.75, 3.05) is 26.2 Å². The van der Waals surface area contributed by atoms with Gasteiger partial charge in [-0.3, -0.25) is 4.79 Å². The zero-order valence-electron chi connectivity index (χ0n) is 16.1. The highest BCUT2D eigenvalue weighted by atomic mass is 16.3. The van der Waals surface area contributed by atoms with Crippen molar-refractivity contribution in [1.29, 1.82) is 0 Å². The zero-order valence-corrected chi connectivity index (χ0v) is 16.1. The molecule has 1 N–H and O–H groups in total. The minimum atomic E-state index is -0.0775. The third-order valence-corrected chi connectivity index (χ3v) is 4.77. The second-order valence-electron chi connectivity index (χ2n) is 6.56. The molecule has 0 aliphatic heterocycles. The Morgan fingerprint density at radius 2 is 1.85 bits per heavy atom. The fourth-order valence-corrected chi connectivity index (χ4v) is 3.09. The number of amides is 1. The largest absolute Gasteiger partial charge is 0.441 e. The fourth-order valence-electron chi connectivity index (χ4n) is 3.09. The number of carbonyl (C=O) groups excluding carboxylic acids is 1. The van der Waals surface area contributed by atoms with E-state index in [2.05, 4.69) is 41.2 Å². The monoisotopic (exact) mass is 365 g/mol. The Hall–Kier alpha value is -2.66. The number of aryl methyl sites for hydroxylation is 2. The summed E-state index contributed by atoms with van der Waals surface area (Å²) < 4.78 is 5.86. The number of fused-ring (bicyclic) bond motifs is 1. The number of nitrogens with one attached hydrogen (secondary N) is 1. The van der Waals surface area contributed by atoms with Crippen LogP contribution in [0, 0.1) is 0 Å². The molecule has 3 rings (SSSR count). The number of rotatable bonds is 9. The minimum Gasteiger partial charge on any atom is -0.441 e. The normalized spacial score (nSPS) is 11.2. The summed E-state index contributed by atoms with van der Waals surface area (Å²) in [5.74, 6) is 0.624. The molecule has 1 aromatic heterocycles. The molecular weight excluding hydrogens is 338 g/mol. The van der Waals surface area contributed by atoms with E-state index in [4.69, 9.17) is 4.42 Å². The lowest BCUT2D eigenvalue weighted by Gasteiger charge is -2.17. The van der Waals surface area contributed by atoms with Gasteiger partial charge in [-0.15, -0.1) is 0 Å². The number of nitrogens with zero attached hydrogens (tertiary/aromatic N) is 2. The van der Waals surface area contributed by atoms with Crippen molar-refractivity contribution in [2.24, 2.45) is 0 Å². The van der Waals surface area contributed by atoms with Crippen molar-refractivity contribution in [2.45, 2.75) is 26.7 Å². The molecule has 0 atom stereocenters. The van der Waals surface area contributed by atoms with E-state index in [1.165, 1.54) is 5.56 Å². The highest BCUT2D eigenvalue weighted by Gasteiger charge is 2.11. The number of hydrogen-bond acceptors (Lipinski definition) is 4. The van der Waals surface area contributed by atoms with Crippen LogP contribution < -0.4 is 5.32 Å². The van der Waals surface area contributed by atoms with Gasteiger partial charge in [-0.2, -0.15) is 0 Å². The van der Waals surface area contributed by atoms with Crippen molar-refractivity contribution in [3.8, 4) is 0 Å². The Morgan fingerprint density at radius 1 is 1.07 bits per heavy atom. The third kappa shape index (κ3) is 5.17. The molecule has 3 aromatic rings. The van der Waals surface area contributed by atoms with Crippen LogP contribution in [0.1, 0.15) is 35.7 Å². The van der Waals surface area contributed by atoms with E-state index in [-0.39, 0.29) is 5.91 Å². The molecule has 0 bridgehead atoms. The highest BCUT2D eigenvalue weighted by Crippen LogP contribution is 2.18. The standard InChI is InChI=1S/C22H27N3O2/c1-3-25(4-2)15-14-23-22(26)18-11-12-19-20(16-18)27-21(24-19)13-10-17-8-6-5-7-9-17/h5-9,11-12,16H,3-4,10,13-15H2,1-2H3,(H,23,26). The van der Waals surface area contributed by atoms with Crippen molar-refractivity contribution >= 4 is 17.0 Å². The van der Waals surface area contributed by atoms with Crippen LogP contribution in [0.2, 0.25) is 0 Å². The van der Waals surface area contributed by atoms with E-state index >= 15 is 0 Å². The first kappa shape index (κ1) is 19.1. The van der Waals surface area contributed by atoms with E-state index in [9.17, 15) is 4.79 Å². The van der Waals surface area contributed by atoms with Gasteiger partial charge in [-0.1, -0.05) is 44.2 Å². The summed E-state index contributed by atoms with van der Waals surface area (Å²) in [5.41, 5.74) is 3.31. The number of aromatic nitrogens is 1. The molecule has 2 aromatic carbocycles. The molecule has 0 aliphatic rings. The average molecular weight is 365 g/mol. The molecule has 1 amide bonds. The van der Waals surface area contributed by atoms with E-state index in [0.717, 1.165) is 38.0 Å². The van der Waals surface area contributed by atoms with Gasteiger partial charge in [0, 0.05) is 25.1 Å². The van der Waals surface area contributed by atoms with Crippen LogP contribution in [0.5, 0.6) is 0 Å². The third-order valence-electron chi connectivity index (χ3n) is 4.77. The molecular formula is C22H27N3O2. The quantitative estimate of drug-likeness (QED) is 0.628. The van der Waals surface area contributed by atoms with Gasteiger partial charge in [0.1, 0.15) is 5.52 Å². The second-order valence-corrected chi connectivity index (χ2v) is 6.56. The van der Waals surface area contributed by atoms with Crippen molar-refractivity contribution < 1.29 is 9.21 Å². The second kappa shape index (κ2) is 9.33. The molecule has 5 heteroatoms. The Bertz CT molecular complexity index is 870. The van der Waals surface area contributed by atoms with E-state index < -0.39 is 0 Å². The maximum Gasteiger partial charge on any atom is 0.251 e. The van der Waals surface area contributed by atoms with Crippen LogP contribution in [-0.4, -0.2) is 42.0 Å². The van der Waals surface area contributed by atoms with E-state index in [1.807, 2.05) is 24.3 Å². The van der Waals surface area contributed by atoms with Gasteiger partial charge in [-0.05, 0) is 43.3 Å². The topological polar surface area (TPSA) is 58.4 Å². The summed E-state index contributed by atoms with van der Waals surface area (Å²) in [5, 5.41) is 2.97. The Labute approximate surface area is 160 Å². The van der Waals surface area contributed by atoms with Gasteiger partial charge in [-0.25, -0.2) is 4.98 Å². The molecule has 0 radical (unpaired) electrons. The molecule has 1 heterocycles. The molecule has 0 saturated heterocycles. The number of likely N-dealkylation sites (N-methyl/N-ethyl adjacent to an activating group) is 1. The summed E-state index contributed by atoms with van der Waals surface area (Å²) in [6.07, 6.45) is 1.62. The average Bonchev–Trinajstić information content (AvgIpc) is 3.12. The Morgan fingerprint density at radius 3 is 2.59 bits per heavy atom. The summed E-state index contributed by atoms with van der Waals surface area (Å²) >= 11 is 0. The predicted molar refractivity (Wildman–Crippen MR) is 108 cm³/mol. The fraction of sp³-hybridized carbons (Fsp3) is 0.364. The molecule has 0 fully saturated rings. The van der Waals surface area contributed by atoms with E-state index in [0.29, 0.717) is 23.6 Å². The first-order chi connectivity index (χ1) is 13.2. The van der Waals surface area contributed by atoms with Crippen LogP contribution in [0.25, 0.3) is 11.1 Å². The Balaban J connectivity index is 1.60. The van der Waals surface area contributed by atoms with Gasteiger partial charge in [0.05, 0.1) is 0 Å². The summed E-state index contributed by atoms with van der Waals surface area (Å²) in [6, 6.07) is 15.7. The van der Waals surface area contributed by atoms with Crippen LogP contribution in [0.3, 0.4) is 0 Å². The van der Waals surface area contributed by atoms with Gasteiger partial charge in [0.15, 0.2) is 11.5 Å².